The van der Waals surface area contributed by atoms with E-state index in [9.17, 15) is 8.42 Å². The van der Waals surface area contributed by atoms with Gasteiger partial charge in [-0.15, -0.1) is 0 Å². The third kappa shape index (κ3) is 3.77. The minimum atomic E-state index is -3.37. The Balaban J connectivity index is 2.15. The van der Waals surface area contributed by atoms with Crippen molar-refractivity contribution in [2.75, 3.05) is 18.4 Å². The molecule has 118 valence electrons. The molecule has 1 heterocycles. The van der Waals surface area contributed by atoms with Crippen LogP contribution in [0.4, 0.5) is 5.69 Å². The minimum Gasteiger partial charge on any atom is -0.385 e. The van der Waals surface area contributed by atoms with Crippen LogP contribution in [0.5, 0.6) is 0 Å². The van der Waals surface area contributed by atoms with Gasteiger partial charge in [-0.25, -0.2) is 8.42 Å². The fourth-order valence-electron chi connectivity index (χ4n) is 2.89. The fourth-order valence-corrected chi connectivity index (χ4v) is 4.55. The Morgan fingerprint density at radius 3 is 2.48 bits per heavy atom. The maximum atomic E-state index is 12.7. The third-order valence-corrected chi connectivity index (χ3v) is 6.15. The molecule has 1 saturated heterocycles. The topological polar surface area (TPSA) is 49.4 Å². The molecule has 0 spiro atoms. The molecule has 0 radical (unpaired) electrons. The number of anilines is 1. The quantitative estimate of drug-likeness (QED) is 0.907. The van der Waals surface area contributed by atoms with E-state index in [1.54, 1.807) is 16.4 Å². The maximum Gasteiger partial charge on any atom is 0.243 e. The van der Waals surface area contributed by atoms with E-state index in [1.165, 1.54) is 0 Å². The fraction of sp³-hybridized carbons (Fsp3) is 0.625. The predicted molar refractivity (Wildman–Crippen MR) is 87.0 cm³/mol. The highest BCUT2D eigenvalue weighted by molar-refractivity contribution is 7.89. The molecular weight excluding hydrogens is 284 g/mol. The van der Waals surface area contributed by atoms with Gasteiger partial charge in [-0.3, -0.25) is 0 Å². The number of hydrogen-bond donors (Lipinski definition) is 1. The summed E-state index contributed by atoms with van der Waals surface area (Å²) in [6.07, 6.45) is 2.93. The van der Waals surface area contributed by atoms with E-state index >= 15 is 0 Å². The van der Waals surface area contributed by atoms with Crippen molar-refractivity contribution in [1.82, 2.24) is 4.31 Å². The van der Waals surface area contributed by atoms with Crippen LogP contribution < -0.4 is 5.32 Å². The lowest BCUT2D eigenvalue weighted by atomic mass is 9.95. The van der Waals surface area contributed by atoms with Gasteiger partial charge in [0.1, 0.15) is 0 Å². The van der Waals surface area contributed by atoms with E-state index in [-0.39, 0.29) is 6.04 Å². The second kappa shape index (κ2) is 6.79. The van der Waals surface area contributed by atoms with Gasteiger partial charge in [0, 0.05) is 24.8 Å². The zero-order valence-corrected chi connectivity index (χ0v) is 14.0. The summed E-state index contributed by atoms with van der Waals surface area (Å²) in [5, 5.41) is 3.26. The lowest BCUT2D eigenvalue weighted by Gasteiger charge is -2.35. The van der Waals surface area contributed by atoms with Crippen LogP contribution in [0.1, 0.15) is 40.0 Å². The Hall–Kier alpha value is -1.07. The van der Waals surface area contributed by atoms with E-state index in [4.69, 9.17) is 0 Å². The molecule has 5 heteroatoms. The van der Waals surface area contributed by atoms with E-state index < -0.39 is 10.0 Å². The van der Waals surface area contributed by atoms with Crippen LogP contribution in [-0.4, -0.2) is 31.9 Å². The molecule has 1 aromatic rings. The average molecular weight is 310 g/mol. The van der Waals surface area contributed by atoms with Crippen molar-refractivity contribution < 1.29 is 8.42 Å². The van der Waals surface area contributed by atoms with E-state index in [0.29, 0.717) is 17.4 Å². The summed E-state index contributed by atoms with van der Waals surface area (Å²) in [5.41, 5.74) is 0.969. The van der Waals surface area contributed by atoms with Crippen LogP contribution in [0.3, 0.4) is 0 Å². The Bertz CT molecular complexity index is 554. The number of rotatable bonds is 5. The number of piperidine rings is 1. The van der Waals surface area contributed by atoms with Gasteiger partial charge in [-0.05, 0) is 56.4 Å². The third-order valence-electron chi connectivity index (χ3n) is 4.12. The summed E-state index contributed by atoms with van der Waals surface area (Å²) in [7, 11) is -3.37. The SMILES string of the molecule is CCCNc1ccc(S(=O)(=O)N2CCC(C)CC2C)cc1. The lowest BCUT2D eigenvalue weighted by Crippen LogP contribution is -2.44. The largest absolute Gasteiger partial charge is 0.385 e. The Kier molecular flexibility index (Phi) is 5.27. The summed E-state index contributed by atoms with van der Waals surface area (Å²) < 4.78 is 27.1. The summed E-state index contributed by atoms with van der Waals surface area (Å²) in [4.78, 5) is 0.394. The maximum absolute atomic E-state index is 12.7. The van der Waals surface area contributed by atoms with E-state index in [0.717, 1.165) is 31.5 Å². The van der Waals surface area contributed by atoms with Crippen molar-refractivity contribution >= 4 is 15.7 Å². The van der Waals surface area contributed by atoms with Crippen LogP contribution in [0.15, 0.2) is 29.2 Å². The van der Waals surface area contributed by atoms with Crippen molar-refractivity contribution in [2.24, 2.45) is 5.92 Å². The smallest absolute Gasteiger partial charge is 0.243 e. The lowest BCUT2D eigenvalue weighted by molar-refractivity contribution is 0.220. The molecule has 1 aliphatic rings. The Morgan fingerprint density at radius 2 is 1.90 bits per heavy atom. The van der Waals surface area contributed by atoms with Crippen LogP contribution in [0.2, 0.25) is 0 Å². The molecular formula is C16H26N2O2S. The van der Waals surface area contributed by atoms with E-state index in [1.807, 2.05) is 19.1 Å². The van der Waals surface area contributed by atoms with Crippen molar-refractivity contribution in [3.63, 3.8) is 0 Å². The van der Waals surface area contributed by atoms with Crippen molar-refractivity contribution in [3.05, 3.63) is 24.3 Å². The molecule has 1 N–H and O–H groups in total. The van der Waals surface area contributed by atoms with Gasteiger partial charge in [0.2, 0.25) is 10.0 Å². The first-order valence-corrected chi connectivity index (χ1v) is 9.25. The minimum absolute atomic E-state index is 0.0802. The zero-order valence-electron chi connectivity index (χ0n) is 13.2. The highest BCUT2D eigenvalue weighted by Crippen LogP contribution is 2.28. The van der Waals surface area contributed by atoms with E-state index in [2.05, 4.69) is 19.2 Å². The Labute approximate surface area is 128 Å². The second-order valence-corrected chi connectivity index (χ2v) is 7.94. The molecule has 4 nitrogen and oxygen atoms in total. The van der Waals surface area contributed by atoms with Crippen molar-refractivity contribution in [2.45, 2.75) is 51.0 Å². The van der Waals surface area contributed by atoms with Gasteiger partial charge < -0.3 is 5.32 Å². The summed E-state index contributed by atoms with van der Waals surface area (Å²) in [5.74, 6) is 0.604. The normalized spacial score (nSPS) is 24.0. The number of hydrogen-bond acceptors (Lipinski definition) is 3. The van der Waals surface area contributed by atoms with Gasteiger partial charge in [0.15, 0.2) is 0 Å². The molecule has 1 aromatic carbocycles. The molecule has 21 heavy (non-hydrogen) atoms. The highest BCUT2D eigenvalue weighted by Gasteiger charge is 2.33. The Morgan fingerprint density at radius 1 is 1.24 bits per heavy atom. The summed E-state index contributed by atoms with van der Waals surface area (Å²) >= 11 is 0. The molecule has 2 rings (SSSR count). The molecule has 1 fully saturated rings. The predicted octanol–water partition coefficient (Wildman–Crippen LogP) is 3.32. The summed E-state index contributed by atoms with van der Waals surface area (Å²) in [6.45, 7) is 7.82. The number of nitrogens with zero attached hydrogens (tertiary/aromatic N) is 1. The number of sulfonamides is 1. The monoisotopic (exact) mass is 310 g/mol. The van der Waals surface area contributed by atoms with Crippen molar-refractivity contribution in [3.8, 4) is 0 Å². The molecule has 0 aliphatic carbocycles. The van der Waals surface area contributed by atoms with Crippen LogP contribution >= 0.6 is 0 Å². The summed E-state index contributed by atoms with van der Waals surface area (Å²) in [6, 6.07) is 7.19. The molecule has 0 saturated carbocycles. The van der Waals surface area contributed by atoms with Crippen LogP contribution in [0.25, 0.3) is 0 Å². The molecule has 1 aliphatic heterocycles. The zero-order chi connectivity index (χ0) is 15.5. The average Bonchev–Trinajstić information content (AvgIpc) is 2.45. The van der Waals surface area contributed by atoms with Crippen LogP contribution in [-0.2, 0) is 10.0 Å². The van der Waals surface area contributed by atoms with Crippen LogP contribution in [0, 0.1) is 5.92 Å². The van der Waals surface area contributed by atoms with Gasteiger partial charge in [-0.1, -0.05) is 13.8 Å². The highest BCUT2D eigenvalue weighted by atomic mass is 32.2. The first-order valence-electron chi connectivity index (χ1n) is 7.81. The molecule has 2 unspecified atom stereocenters. The van der Waals surface area contributed by atoms with Crippen molar-refractivity contribution in [1.29, 1.82) is 0 Å². The first-order chi connectivity index (χ1) is 9.95. The molecule has 0 aromatic heterocycles. The first kappa shape index (κ1) is 16.3. The molecule has 0 bridgehead atoms. The van der Waals surface area contributed by atoms with Gasteiger partial charge in [0.05, 0.1) is 4.90 Å². The molecule has 0 amide bonds. The van der Waals surface area contributed by atoms with Gasteiger partial charge >= 0.3 is 0 Å². The number of benzene rings is 1. The van der Waals surface area contributed by atoms with Gasteiger partial charge in [0.25, 0.3) is 0 Å². The number of nitrogens with one attached hydrogen (secondary N) is 1. The standard InChI is InChI=1S/C16H26N2O2S/c1-4-10-17-15-5-7-16(8-6-15)21(19,20)18-11-9-13(2)12-14(18)3/h5-8,13-14,17H,4,9-12H2,1-3H3. The van der Waals surface area contributed by atoms with Gasteiger partial charge in [-0.2, -0.15) is 4.31 Å². The second-order valence-electron chi connectivity index (χ2n) is 6.05. The molecule has 2 atom stereocenters.